The van der Waals surface area contributed by atoms with Gasteiger partial charge >= 0.3 is 5.97 Å². The fourth-order valence-electron chi connectivity index (χ4n) is 7.52. The zero-order valence-electron chi connectivity index (χ0n) is 19.6. The van der Waals surface area contributed by atoms with Gasteiger partial charge in [-0.3, -0.25) is 9.69 Å². The molecule has 3 saturated heterocycles. The maximum Gasteiger partial charge on any atom is 0.311 e. The molecule has 0 bridgehead atoms. The number of piperazine rings is 1. The lowest BCUT2D eigenvalue weighted by molar-refractivity contribution is -0.168. The Bertz CT molecular complexity index is 882. The number of anilines is 1. The highest BCUT2D eigenvalue weighted by atomic mass is 16.7. The van der Waals surface area contributed by atoms with Crippen molar-refractivity contribution in [3.05, 3.63) is 24.3 Å². The summed E-state index contributed by atoms with van der Waals surface area (Å²) in [5.41, 5.74) is 0.809. The normalized spacial score (nSPS) is 43.2. The van der Waals surface area contributed by atoms with Gasteiger partial charge in [0, 0.05) is 50.2 Å². The number of carbonyl (C=O) groups excluding carboxylic acids is 1. The van der Waals surface area contributed by atoms with Crippen LogP contribution in [0.2, 0.25) is 0 Å². The van der Waals surface area contributed by atoms with Crippen LogP contribution in [0.5, 0.6) is 5.75 Å². The van der Waals surface area contributed by atoms with E-state index >= 15 is 0 Å². The molecule has 1 aromatic carbocycles. The van der Waals surface area contributed by atoms with Crippen molar-refractivity contribution in [1.82, 2.24) is 4.90 Å². The summed E-state index contributed by atoms with van der Waals surface area (Å²) in [6.45, 7) is 9.32. The highest BCUT2D eigenvalue weighted by Gasteiger charge is 2.77. The SMILES string of the molecule is COc1ccc(N2CCN(CC3C(=O)O[C@@]45[C@H]3CC[C@@H](C)[C@@H]4CC[C@@]3(C)O[C@@H]53)CC2)cc1. The molecule has 1 spiro atoms. The smallest absolute Gasteiger partial charge is 0.311 e. The Kier molecular flexibility index (Phi) is 4.78. The molecule has 3 aliphatic heterocycles. The quantitative estimate of drug-likeness (QED) is 0.529. The first-order chi connectivity index (χ1) is 15.4. The summed E-state index contributed by atoms with van der Waals surface area (Å²) in [4.78, 5) is 18.2. The summed E-state index contributed by atoms with van der Waals surface area (Å²) < 4.78 is 17.9. The largest absolute Gasteiger partial charge is 0.497 e. The number of ether oxygens (including phenoxy) is 3. The molecule has 1 aromatic rings. The Labute approximate surface area is 191 Å². The van der Waals surface area contributed by atoms with Gasteiger partial charge in [-0.25, -0.2) is 0 Å². The van der Waals surface area contributed by atoms with E-state index in [1.807, 2.05) is 12.1 Å². The highest BCUT2D eigenvalue weighted by molar-refractivity contribution is 5.77. The minimum Gasteiger partial charge on any atom is -0.497 e. The number of fused-ring (bicyclic) bond motifs is 1. The Morgan fingerprint density at radius 3 is 2.53 bits per heavy atom. The molecule has 5 fully saturated rings. The second-order valence-corrected chi connectivity index (χ2v) is 11.0. The first kappa shape index (κ1) is 20.8. The van der Waals surface area contributed by atoms with Gasteiger partial charge in [0.05, 0.1) is 18.6 Å². The Hall–Kier alpha value is -1.79. The van der Waals surface area contributed by atoms with Crippen LogP contribution in [0, 0.1) is 23.7 Å². The summed E-state index contributed by atoms with van der Waals surface area (Å²) in [5, 5.41) is 0. The molecule has 5 aliphatic rings. The maximum absolute atomic E-state index is 13.3. The molecule has 2 aliphatic carbocycles. The van der Waals surface area contributed by atoms with Crippen LogP contribution < -0.4 is 9.64 Å². The van der Waals surface area contributed by atoms with E-state index in [0.717, 1.165) is 57.7 Å². The van der Waals surface area contributed by atoms with Crippen molar-refractivity contribution in [1.29, 1.82) is 0 Å². The van der Waals surface area contributed by atoms with E-state index < -0.39 is 0 Å². The molecule has 32 heavy (non-hydrogen) atoms. The van der Waals surface area contributed by atoms with E-state index in [0.29, 0.717) is 17.8 Å². The van der Waals surface area contributed by atoms with Crippen molar-refractivity contribution >= 4 is 11.7 Å². The molecule has 0 radical (unpaired) electrons. The summed E-state index contributed by atoms with van der Waals surface area (Å²) >= 11 is 0. The summed E-state index contributed by atoms with van der Waals surface area (Å²) in [6, 6.07) is 8.30. The minimum absolute atomic E-state index is 0.0101. The number of rotatable bonds is 4. The molecule has 6 heteroatoms. The van der Waals surface area contributed by atoms with Crippen LogP contribution in [0.15, 0.2) is 24.3 Å². The third-order valence-corrected chi connectivity index (χ3v) is 9.36. The van der Waals surface area contributed by atoms with E-state index in [4.69, 9.17) is 14.2 Å². The number of benzene rings is 1. The molecular weight excluding hydrogens is 404 g/mol. The first-order valence-electron chi connectivity index (χ1n) is 12.5. The lowest BCUT2D eigenvalue weighted by Crippen LogP contribution is -2.58. The average Bonchev–Trinajstić information content (AvgIpc) is 3.44. The Morgan fingerprint density at radius 2 is 1.81 bits per heavy atom. The number of carbonyl (C=O) groups is 1. The van der Waals surface area contributed by atoms with Gasteiger partial charge in [-0.2, -0.15) is 0 Å². The van der Waals surface area contributed by atoms with Crippen LogP contribution >= 0.6 is 0 Å². The van der Waals surface area contributed by atoms with Crippen molar-refractivity contribution < 1.29 is 19.0 Å². The van der Waals surface area contributed by atoms with Crippen LogP contribution in [0.1, 0.15) is 39.5 Å². The van der Waals surface area contributed by atoms with Gasteiger partial charge in [-0.15, -0.1) is 0 Å². The fourth-order valence-corrected chi connectivity index (χ4v) is 7.52. The topological polar surface area (TPSA) is 54.5 Å². The molecule has 0 amide bonds. The van der Waals surface area contributed by atoms with E-state index in [9.17, 15) is 4.79 Å². The Balaban J connectivity index is 1.14. The van der Waals surface area contributed by atoms with Gasteiger partial charge in [0.15, 0.2) is 0 Å². The minimum atomic E-state index is -0.364. The number of nitrogens with zero attached hydrogens (tertiary/aromatic N) is 2. The zero-order chi connectivity index (χ0) is 22.1. The Morgan fingerprint density at radius 1 is 1.06 bits per heavy atom. The van der Waals surface area contributed by atoms with E-state index in [-0.39, 0.29) is 29.2 Å². The molecule has 2 saturated carbocycles. The highest BCUT2D eigenvalue weighted by Crippen LogP contribution is 2.66. The molecule has 0 N–H and O–H groups in total. The molecule has 0 aromatic heterocycles. The summed E-state index contributed by atoms with van der Waals surface area (Å²) in [7, 11) is 1.70. The van der Waals surface area contributed by atoms with Crippen molar-refractivity contribution in [3.63, 3.8) is 0 Å². The van der Waals surface area contributed by atoms with Crippen molar-refractivity contribution in [2.24, 2.45) is 23.7 Å². The molecule has 7 atom stereocenters. The number of hydrogen-bond donors (Lipinski definition) is 0. The van der Waals surface area contributed by atoms with E-state index in [1.54, 1.807) is 7.11 Å². The predicted octanol–water partition coefficient (Wildman–Crippen LogP) is 3.34. The number of methoxy groups -OCH3 is 1. The van der Waals surface area contributed by atoms with Crippen molar-refractivity contribution in [3.8, 4) is 5.75 Å². The van der Waals surface area contributed by atoms with Gasteiger partial charge < -0.3 is 19.1 Å². The van der Waals surface area contributed by atoms with Gasteiger partial charge in [0.1, 0.15) is 17.5 Å². The fraction of sp³-hybridized carbons (Fsp3) is 0.731. The van der Waals surface area contributed by atoms with Crippen molar-refractivity contribution in [2.75, 3.05) is 44.7 Å². The van der Waals surface area contributed by atoms with Crippen LogP contribution in [0.3, 0.4) is 0 Å². The van der Waals surface area contributed by atoms with Crippen LogP contribution in [-0.4, -0.2) is 68.0 Å². The van der Waals surface area contributed by atoms with Gasteiger partial charge in [-0.05, 0) is 62.8 Å². The van der Waals surface area contributed by atoms with E-state index in [1.165, 1.54) is 12.1 Å². The summed E-state index contributed by atoms with van der Waals surface area (Å²) in [5.74, 6) is 2.29. The molecule has 3 heterocycles. The third kappa shape index (κ3) is 3.02. The number of hydrogen-bond acceptors (Lipinski definition) is 6. The zero-order valence-corrected chi connectivity index (χ0v) is 19.6. The molecule has 174 valence electrons. The number of epoxide rings is 1. The van der Waals surface area contributed by atoms with Crippen LogP contribution in [0.25, 0.3) is 0 Å². The predicted molar refractivity (Wildman–Crippen MR) is 122 cm³/mol. The van der Waals surface area contributed by atoms with Gasteiger partial charge in [0.25, 0.3) is 0 Å². The standard InChI is InChI=1S/C26H36N2O4/c1-17-4-9-22-20(23(29)31-26(22)21(17)10-11-25(2)24(26)32-25)16-27-12-14-28(15-13-27)18-5-7-19(30-3)8-6-18/h5-8,17,20-22,24H,4,9-16H2,1-3H3/t17-,20?,21+,22+,24-,25-,26-/m1/s1. The third-order valence-electron chi connectivity index (χ3n) is 9.36. The van der Waals surface area contributed by atoms with Crippen LogP contribution in [0.4, 0.5) is 5.69 Å². The van der Waals surface area contributed by atoms with Crippen molar-refractivity contribution in [2.45, 2.75) is 56.8 Å². The second kappa shape index (κ2) is 7.36. The molecule has 6 rings (SSSR count). The second-order valence-electron chi connectivity index (χ2n) is 11.0. The number of esters is 1. The summed E-state index contributed by atoms with van der Waals surface area (Å²) in [6.07, 6.45) is 4.65. The van der Waals surface area contributed by atoms with E-state index in [2.05, 4.69) is 35.8 Å². The first-order valence-corrected chi connectivity index (χ1v) is 12.5. The molecule has 6 nitrogen and oxygen atoms in total. The van der Waals surface area contributed by atoms with Crippen LogP contribution in [-0.2, 0) is 14.3 Å². The monoisotopic (exact) mass is 440 g/mol. The average molecular weight is 441 g/mol. The van der Waals surface area contributed by atoms with Gasteiger partial charge in [-0.1, -0.05) is 6.92 Å². The molecule has 1 unspecified atom stereocenters. The van der Waals surface area contributed by atoms with Gasteiger partial charge in [0.2, 0.25) is 0 Å². The molecular formula is C26H36N2O4. The lowest BCUT2D eigenvalue weighted by Gasteiger charge is -2.50. The maximum atomic E-state index is 13.3. The lowest BCUT2D eigenvalue weighted by atomic mass is 9.55.